The molecule has 20 heavy (non-hydrogen) atoms. The van der Waals surface area contributed by atoms with Gasteiger partial charge in [0.15, 0.2) is 11.6 Å². The molecular weight excluding hydrogens is 263 g/mol. The number of nitrogen functional groups attached to an aromatic ring is 1. The lowest BCUT2D eigenvalue weighted by Gasteiger charge is -2.11. The summed E-state index contributed by atoms with van der Waals surface area (Å²) in [6, 6.07) is 6.69. The number of nitriles is 1. The van der Waals surface area contributed by atoms with E-state index in [0.717, 1.165) is 6.20 Å². The maximum Gasteiger partial charge on any atom is 0.239 e. The first-order valence-electron chi connectivity index (χ1n) is 5.52. The third-order valence-corrected chi connectivity index (χ3v) is 2.46. The highest BCUT2D eigenvalue weighted by Crippen LogP contribution is 2.28. The van der Waals surface area contributed by atoms with Gasteiger partial charge >= 0.3 is 0 Å². The van der Waals surface area contributed by atoms with Crippen molar-refractivity contribution in [3.8, 4) is 11.8 Å². The molecule has 0 fully saturated rings. The molecule has 0 aliphatic rings. The van der Waals surface area contributed by atoms with E-state index in [1.165, 1.54) is 13.2 Å². The highest BCUT2D eigenvalue weighted by atomic mass is 19.1. The van der Waals surface area contributed by atoms with E-state index in [0.29, 0.717) is 17.0 Å². The van der Waals surface area contributed by atoms with Gasteiger partial charge in [-0.25, -0.2) is 15.2 Å². The second-order valence-corrected chi connectivity index (χ2v) is 3.69. The Morgan fingerprint density at radius 2 is 2.25 bits per heavy atom. The van der Waals surface area contributed by atoms with Gasteiger partial charge in [-0.2, -0.15) is 10.2 Å². The molecule has 1 aromatic heterocycles. The van der Waals surface area contributed by atoms with Crippen LogP contribution in [0.5, 0.6) is 5.75 Å². The van der Waals surface area contributed by atoms with Crippen molar-refractivity contribution in [2.75, 3.05) is 17.9 Å². The zero-order valence-corrected chi connectivity index (χ0v) is 10.5. The van der Waals surface area contributed by atoms with E-state index in [9.17, 15) is 4.39 Å². The number of methoxy groups -OCH3 is 1. The van der Waals surface area contributed by atoms with Gasteiger partial charge in [0.1, 0.15) is 5.75 Å². The normalized spacial score (nSPS) is 9.70. The molecular formula is C12H11FN6O. The van der Waals surface area contributed by atoms with Crippen LogP contribution >= 0.6 is 0 Å². The van der Waals surface area contributed by atoms with E-state index in [1.807, 2.05) is 6.07 Å². The maximum atomic E-state index is 13.6. The molecule has 0 unspecified atom stereocenters. The first-order valence-corrected chi connectivity index (χ1v) is 5.52. The van der Waals surface area contributed by atoms with Gasteiger partial charge in [0, 0.05) is 6.07 Å². The van der Waals surface area contributed by atoms with Crippen LogP contribution in [0.1, 0.15) is 5.56 Å². The topological polar surface area (TPSA) is 109 Å². The molecule has 102 valence electrons. The van der Waals surface area contributed by atoms with E-state index in [4.69, 9.17) is 15.8 Å². The Bertz CT molecular complexity index is 669. The van der Waals surface area contributed by atoms with Crippen molar-refractivity contribution >= 4 is 17.5 Å². The largest absolute Gasteiger partial charge is 0.495 e. The van der Waals surface area contributed by atoms with Crippen LogP contribution in [0.2, 0.25) is 0 Å². The number of anilines is 3. The summed E-state index contributed by atoms with van der Waals surface area (Å²) in [5.74, 6) is 4.93. The number of benzene rings is 1. The Morgan fingerprint density at radius 3 is 2.90 bits per heavy atom. The van der Waals surface area contributed by atoms with E-state index < -0.39 is 5.82 Å². The number of nitrogens with one attached hydrogen (secondary N) is 2. The van der Waals surface area contributed by atoms with Crippen molar-refractivity contribution in [1.29, 1.82) is 5.26 Å². The van der Waals surface area contributed by atoms with Gasteiger partial charge in [-0.3, -0.25) is 5.43 Å². The van der Waals surface area contributed by atoms with Gasteiger partial charge in [0.05, 0.1) is 30.6 Å². The van der Waals surface area contributed by atoms with Crippen molar-refractivity contribution in [3.05, 3.63) is 35.8 Å². The van der Waals surface area contributed by atoms with Crippen LogP contribution in [0.25, 0.3) is 0 Å². The quantitative estimate of drug-likeness (QED) is 0.573. The van der Waals surface area contributed by atoms with Gasteiger partial charge in [0.25, 0.3) is 0 Å². The Balaban J connectivity index is 2.37. The Kier molecular flexibility index (Phi) is 3.93. The zero-order valence-electron chi connectivity index (χ0n) is 10.5. The summed E-state index contributed by atoms with van der Waals surface area (Å²) in [6.45, 7) is 0. The highest BCUT2D eigenvalue weighted by molar-refractivity contribution is 5.66. The van der Waals surface area contributed by atoms with E-state index in [-0.39, 0.29) is 11.8 Å². The molecule has 0 radical (unpaired) electrons. The van der Waals surface area contributed by atoms with Gasteiger partial charge in [-0.1, -0.05) is 0 Å². The van der Waals surface area contributed by atoms with Crippen molar-refractivity contribution in [3.63, 3.8) is 0 Å². The van der Waals surface area contributed by atoms with Crippen LogP contribution in [0.3, 0.4) is 0 Å². The second kappa shape index (κ2) is 5.81. The number of rotatable bonds is 4. The zero-order chi connectivity index (χ0) is 14.5. The average molecular weight is 274 g/mol. The Hall–Kier alpha value is -2.92. The van der Waals surface area contributed by atoms with Gasteiger partial charge in [-0.05, 0) is 12.1 Å². The van der Waals surface area contributed by atoms with E-state index in [1.54, 1.807) is 12.1 Å². The van der Waals surface area contributed by atoms with E-state index >= 15 is 0 Å². The number of hydrazine groups is 1. The number of nitrogens with two attached hydrogens (primary N) is 1. The molecule has 0 bridgehead atoms. The van der Waals surface area contributed by atoms with Crippen LogP contribution < -0.4 is 21.3 Å². The lowest BCUT2D eigenvalue weighted by atomic mass is 10.2. The monoisotopic (exact) mass is 274 g/mol. The lowest BCUT2D eigenvalue weighted by Crippen LogP contribution is -2.12. The average Bonchev–Trinajstić information content (AvgIpc) is 2.49. The number of halogens is 1. The Labute approximate surface area is 114 Å². The molecule has 0 amide bonds. The van der Waals surface area contributed by atoms with Crippen LogP contribution in [0.4, 0.5) is 21.8 Å². The minimum absolute atomic E-state index is 0.0593. The molecule has 0 saturated heterocycles. The molecule has 7 nitrogen and oxygen atoms in total. The summed E-state index contributed by atoms with van der Waals surface area (Å²) in [5.41, 5.74) is 3.12. The SMILES string of the molecule is COc1cc(C#N)ccc1Nc1nc(NN)ncc1F. The summed E-state index contributed by atoms with van der Waals surface area (Å²) >= 11 is 0. The third kappa shape index (κ3) is 2.73. The molecule has 4 N–H and O–H groups in total. The molecule has 1 aromatic carbocycles. The second-order valence-electron chi connectivity index (χ2n) is 3.69. The predicted octanol–water partition coefficient (Wildman–Crippen LogP) is 1.53. The first-order chi connectivity index (χ1) is 9.67. The fourth-order valence-corrected chi connectivity index (χ4v) is 1.52. The molecule has 2 rings (SSSR count). The molecule has 1 heterocycles. The van der Waals surface area contributed by atoms with Crippen molar-refractivity contribution in [2.45, 2.75) is 0 Å². The standard InChI is InChI=1S/C12H11FN6O/c1-20-10-4-7(5-14)2-3-9(10)17-11-8(13)6-16-12(18-11)19-15/h2-4,6H,15H2,1H3,(H2,16,17,18,19). The summed E-state index contributed by atoms with van der Waals surface area (Å²) in [7, 11) is 1.45. The molecule has 0 atom stereocenters. The molecule has 0 spiro atoms. The number of aromatic nitrogens is 2. The van der Waals surface area contributed by atoms with Crippen molar-refractivity contribution in [2.24, 2.45) is 5.84 Å². The van der Waals surface area contributed by atoms with Crippen molar-refractivity contribution < 1.29 is 9.13 Å². The molecule has 0 saturated carbocycles. The molecule has 8 heteroatoms. The lowest BCUT2D eigenvalue weighted by molar-refractivity contribution is 0.416. The molecule has 0 aliphatic heterocycles. The maximum absolute atomic E-state index is 13.6. The van der Waals surface area contributed by atoms with Crippen LogP contribution in [0, 0.1) is 17.1 Å². The summed E-state index contributed by atoms with van der Waals surface area (Å²) in [4.78, 5) is 7.48. The van der Waals surface area contributed by atoms with Crippen LogP contribution in [0.15, 0.2) is 24.4 Å². The predicted molar refractivity (Wildman–Crippen MR) is 70.8 cm³/mol. The first kappa shape index (κ1) is 13.5. The van der Waals surface area contributed by atoms with Gasteiger partial charge in [0.2, 0.25) is 5.95 Å². The Morgan fingerprint density at radius 1 is 1.45 bits per heavy atom. The summed E-state index contributed by atoms with van der Waals surface area (Å²) < 4.78 is 18.8. The molecule has 2 aromatic rings. The number of hydrogen-bond acceptors (Lipinski definition) is 7. The number of ether oxygens (including phenoxy) is 1. The number of hydrogen-bond donors (Lipinski definition) is 3. The van der Waals surface area contributed by atoms with Gasteiger partial charge in [-0.15, -0.1) is 0 Å². The van der Waals surface area contributed by atoms with E-state index in [2.05, 4.69) is 20.7 Å². The molecule has 0 aliphatic carbocycles. The van der Waals surface area contributed by atoms with Crippen LogP contribution in [-0.4, -0.2) is 17.1 Å². The van der Waals surface area contributed by atoms with Crippen LogP contribution in [-0.2, 0) is 0 Å². The third-order valence-electron chi connectivity index (χ3n) is 2.46. The number of nitrogens with zero attached hydrogens (tertiary/aromatic N) is 3. The fourth-order valence-electron chi connectivity index (χ4n) is 1.52. The minimum atomic E-state index is -0.643. The van der Waals surface area contributed by atoms with Crippen molar-refractivity contribution in [1.82, 2.24) is 9.97 Å². The highest BCUT2D eigenvalue weighted by Gasteiger charge is 2.10. The fraction of sp³-hybridized carbons (Fsp3) is 0.0833. The van der Waals surface area contributed by atoms with Gasteiger partial charge < -0.3 is 10.1 Å². The summed E-state index contributed by atoms with van der Waals surface area (Å²) in [5, 5.41) is 11.6. The smallest absolute Gasteiger partial charge is 0.239 e. The summed E-state index contributed by atoms with van der Waals surface area (Å²) in [6.07, 6.45) is 0.987. The minimum Gasteiger partial charge on any atom is -0.495 e.